The average molecular weight is 361 g/mol. The lowest BCUT2D eigenvalue weighted by Crippen LogP contribution is -2.41. The van der Waals surface area contributed by atoms with E-state index in [1.807, 2.05) is 0 Å². The topological polar surface area (TPSA) is 72.5 Å². The fraction of sp³-hybridized carbons (Fsp3) is 0.364. The summed E-state index contributed by atoms with van der Waals surface area (Å²) in [7, 11) is 0. The molecule has 3 N–H and O–H groups in total. The zero-order valence-corrected chi connectivity index (χ0v) is 12.3. The highest BCUT2D eigenvalue weighted by Gasteiger charge is 2.48. The zero-order chi connectivity index (χ0) is 13.9. The highest BCUT2D eigenvalue weighted by molar-refractivity contribution is 9.10. The van der Waals surface area contributed by atoms with Crippen molar-refractivity contribution >= 4 is 34.3 Å². The van der Waals surface area contributed by atoms with Gasteiger partial charge in [-0.3, -0.25) is 0 Å². The van der Waals surface area contributed by atoms with Crippen LogP contribution < -0.4 is 5.73 Å². The molecule has 0 saturated heterocycles. The molecule has 8 heteroatoms. The lowest BCUT2D eigenvalue weighted by Gasteiger charge is -2.22. The van der Waals surface area contributed by atoms with Crippen LogP contribution in [0.5, 0.6) is 5.75 Å². The van der Waals surface area contributed by atoms with E-state index in [4.69, 9.17) is 5.73 Å². The van der Waals surface area contributed by atoms with Crippen molar-refractivity contribution in [3.8, 4) is 5.75 Å². The van der Waals surface area contributed by atoms with Gasteiger partial charge in [0.2, 0.25) is 0 Å². The minimum Gasteiger partial charge on any atom is -0.508 e. The average Bonchev–Trinajstić information content (AvgIpc) is 2.31. The molecule has 1 aromatic rings. The molecule has 0 aliphatic heterocycles. The number of aromatic hydroxyl groups is 1. The number of hydrogen-bond donors (Lipinski definition) is 2. The summed E-state index contributed by atoms with van der Waals surface area (Å²) in [5.74, 6) is -6.03. The molecule has 108 valence electrons. The van der Waals surface area contributed by atoms with E-state index in [9.17, 15) is 18.7 Å². The van der Waals surface area contributed by atoms with Crippen molar-refractivity contribution in [1.82, 2.24) is 0 Å². The molecule has 4 nitrogen and oxygen atoms in total. The van der Waals surface area contributed by atoms with Crippen LogP contribution in [0.3, 0.4) is 0 Å². The lowest BCUT2D eigenvalue weighted by molar-refractivity contribution is -0.174. The number of alkyl halides is 2. The summed E-state index contributed by atoms with van der Waals surface area (Å²) in [5, 5.41) is 9.49. The fourth-order valence-electron chi connectivity index (χ4n) is 1.32. The quantitative estimate of drug-likeness (QED) is 0.810. The van der Waals surface area contributed by atoms with E-state index >= 15 is 0 Å². The minimum absolute atomic E-state index is 0. The van der Waals surface area contributed by atoms with E-state index in [1.165, 1.54) is 25.1 Å². The first-order chi connectivity index (χ1) is 8.30. The van der Waals surface area contributed by atoms with Gasteiger partial charge in [0.1, 0.15) is 11.8 Å². The van der Waals surface area contributed by atoms with Crippen molar-refractivity contribution in [1.29, 1.82) is 0 Å². The molecule has 19 heavy (non-hydrogen) atoms. The van der Waals surface area contributed by atoms with Crippen LogP contribution in [-0.2, 0) is 9.53 Å². The van der Waals surface area contributed by atoms with Crippen LogP contribution in [-0.4, -0.2) is 23.6 Å². The molecule has 0 radical (unpaired) electrons. The molecule has 0 fully saturated rings. The number of phenols is 1. The van der Waals surface area contributed by atoms with Crippen molar-refractivity contribution < 1.29 is 23.4 Å². The van der Waals surface area contributed by atoms with Gasteiger partial charge in [-0.05, 0) is 25.1 Å². The Kier molecular flexibility index (Phi) is 6.68. The summed E-state index contributed by atoms with van der Waals surface area (Å²) >= 11 is 3.07. The molecular weight excluding hydrogens is 347 g/mol. The largest absolute Gasteiger partial charge is 0.508 e. The third kappa shape index (κ3) is 4.02. The van der Waals surface area contributed by atoms with Gasteiger partial charge < -0.3 is 15.6 Å². The van der Waals surface area contributed by atoms with Gasteiger partial charge in [-0.2, -0.15) is 8.78 Å². The van der Waals surface area contributed by atoms with Gasteiger partial charge in [0.05, 0.1) is 6.61 Å². The molecule has 0 aromatic heterocycles. The summed E-state index contributed by atoms with van der Waals surface area (Å²) < 4.78 is 32.1. The summed E-state index contributed by atoms with van der Waals surface area (Å²) in [6.45, 7) is 1.24. The van der Waals surface area contributed by atoms with Crippen LogP contribution in [0.1, 0.15) is 18.5 Å². The Bertz CT molecular complexity index is 460. The molecule has 0 saturated carbocycles. The number of benzene rings is 1. The molecule has 0 spiro atoms. The molecule has 0 aliphatic carbocycles. The number of carbonyl (C=O) groups is 1. The maximum atomic E-state index is 13.7. The van der Waals surface area contributed by atoms with E-state index in [0.29, 0.717) is 4.47 Å². The van der Waals surface area contributed by atoms with Gasteiger partial charge in [-0.25, -0.2) is 4.79 Å². The Hall–Kier alpha value is -0.920. The Morgan fingerprint density at radius 2 is 2.16 bits per heavy atom. The highest BCUT2D eigenvalue weighted by Crippen LogP contribution is 2.36. The fourth-order valence-corrected chi connectivity index (χ4v) is 1.70. The van der Waals surface area contributed by atoms with E-state index in [1.54, 1.807) is 0 Å². The molecular formula is C11H13BrClF2NO3. The van der Waals surface area contributed by atoms with Gasteiger partial charge in [-0.15, -0.1) is 12.4 Å². The first-order valence-electron chi connectivity index (χ1n) is 5.09. The SMILES string of the molecule is CCOC(=O)C(F)(F)[C@@H](N)c1cc(Br)ccc1O.Cl. The predicted molar refractivity (Wildman–Crippen MR) is 71.6 cm³/mol. The van der Waals surface area contributed by atoms with Crippen LogP contribution >= 0.6 is 28.3 Å². The molecule has 0 bridgehead atoms. The van der Waals surface area contributed by atoms with E-state index in [-0.39, 0.29) is 24.6 Å². The standard InChI is InChI=1S/C11H12BrF2NO3.ClH/c1-2-18-10(17)11(13,14)9(15)7-5-6(12)3-4-8(7)16;/h3-5,9,16H,2,15H2,1H3;1H/t9-;/m0./s1. The number of nitrogens with two attached hydrogens (primary N) is 1. The molecule has 1 atom stereocenters. The van der Waals surface area contributed by atoms with Crippen LogP contribution in [0, 0.1) is 0 Å². The van der Waals surface area contributed by atoms with Crippen LogP contribution in [0.25, 0.3) is 0 Å². The Morgan fingerprint density at radius 1 is 1.58 bits per heavy atom. The Morgan fingerprint density at radius 3 is 2.68 bits per heavy atom. The molecule has 0 amide bonds. The number of ether oxygens (including phenoxy) is 1. The number of esters is 1. The van der Waals surface area contributed by atoms with Gasteiger partial charge >= 0.3 is 11.9 Å². The molecule has 0 aliphatic rings. The summed E-state index contributed by atoms with van der Waals surface area (Å²) in [6.07, 6.45) is 0. The number of carbonyl (C=O) groups excluding carboxylic acids is 1. The van der Waals surface area contributed by atoms with Crippen molar-refractivity contribution in [2.24, 2.45) is 5.73 Å². The smallest absolute Gasteiger partial charge is 0.379 e. The second kappa shape index (κ2) is 7.02. The van der Waals surface area contributed by atoms with Crippen LogP contribution in [0.15, 0.2) is 22.7 Å². The maximum absolute atomic E-state index is 13.7. The molecule has 1 aromatic carbocycles. The Balaban J connectivity index is 0.00000324. The normalized spacial score (nSPS) is 12.5. The number of rotatable bonds is 4. The molecule has 1 rings (SSSR count). The van der Waals surface area contributed by atoms with Gasteiger partial charge in [-0.1, -0.05) is 15.9 Å². The molecule has 0 heterocycles. The first-order valence-corrected chi connectivity index (χ1v) is 5.89. The minimum atomic E-state index is -3.91. The van der Waals surface area contributed by atoms with Crippen molar-refractivity contribution in [2.75, 3.05) is 6.61 Å². The molecule has 0 unspecified atom stereocenters. The summed E-state index contributed by atoms with van der Waals surface area (Å²) in [6, 6.07) is 1.93. The van der Waals surface area contributed by atoms with Gasteiger partial charge in [0, 0.05) is 10.0 Å². The van der Waals surface area contributed by atoms with Crippen molar-refractivity contribution in [3.63, 3.8) is 0 Å². The van der Waals surface area contributed by atoms with E-state index in [0.717, 1.165) is 0 Å². The zero-order valence-electron chi connectivity index (χ0n) is 9.90. The van der Waals surface area contributed by atoms with Crippen LogP contribution in [0.4, 0.5) is 8.78 Å². The summed E-state index contributed by atoms with van der Waals surface area (Å²) in [4.78, 5) is 11.1. The number of hydrogen-bond acceptors (Lipinski definition) is 4. The van der Waals surface area contributed by atoms with E-state index < -0.39 is 23.7 Å². The predicted octanol–water partition coefficient (Wildman–Crippen LogP) is 2.77. The third-order valence-corrected chi connectivity index (χ3v) is 2.76. The Labute approximate surface area is 123 Å². The summed E-state index contributed by atoms with van der Waals surface area (Å²) in [5.41, 5.74) is 5.11. The third-order valence-electron chi connectivity index (χ3n) is 2.26. The van der Waals surface area contributed by atoms with Gasteiger partial charge in [0.25, 0.3) is 0 Å². The maximum Gasteiger partial charge on any atom is 0.379 e. The van der Waals surface area contributed by atoms with Crippen LogP contribution in [0.2, 0.25) is 0 Å². The first kappa shape index (κ1) is 18.1. The van der Waals surface area contributed by atoms with Crippen molar-refractivity contribution in [3.05, 3.63) is 28.2 Å². The lowest BCUT2D eigenvalue weighted by atomic mass is 10.0. The monoisotopic (exact) mass is 359 g/mol. The second-order valence-corrected chi connectivity index (χ2v) is 4.44. The highest BCUT2D eigenvalue weighted by atomic mass is 79.9. The van der Waals surface area contributed by atoms with Crippen molar-refractivity contribution in [2.45, 2.75) is 18.9 Å². The number of halogens is 4. The van der Waals surface area contributed by atoms with Gasteiger partial charge in [0.15, 0.2) is 0 Å². The number of phenolic OH excluding ortho intramolecular Hbond substituents is 1. The van der Waals surface area contributed by atoms with E-state index in [2.05, 4.69) is 20.7 Å². The second-order valence-electron chi connectivity index (χ2n) is 3.52.